The number of carbonyl (C=O) groups excluding carboxylic acids is 1. The van der Waals surface area contributed by atoms with Gasteiger partial charge in [0.1, 0.15) is 11.1 Å². The lowest BCUT2D eigenvalue weighted by molar-refractivity contribution is -0.384. The van der Waals surface area contributed by atoms with Gasteiger partial charge in [0.25, 0.3) is 5.69 Å². The van der Waals surface area contributed by atoms with Gasteiger partial charge in [-0.05, 0) is 43.1 Å². The van der Waals surface area contributed by atoms with Crippen molar-refractivity contribution in [3.05, 3.63) is 100 Å². The van der Waals surface area contributed by atoms with Gasteiger partial charge < -0.3 is 9.80 Å². The van der Waals surface area contributed by atoms with E-state index in [9.17, 15) is 14.9 Å². The molecule has 0 radical (unpaired) electrons. The predicted octanol–water partition coefficient (Wildman–Crippen LogP) is 4.46. The van der Waals surface area contributed by atoms with Crippen LogP contribution in [0.4, 0.5) is 17.1 Å². The average Bonchev–Trinajstić information content (AvgIpc) is 3.16. The Hall–Kier alpha value is -3.71. The Morgan fingerprint density at radius 2 is 1.49 bits per heavy atom. The van der Waals surface area contributed by atoms with Gasteiger partial charge in [0.2, 0.25) is 5.91 Å². The van der Waals surface area contributed by atoms with E-state index in [0.717, 1.165) is 49.5 Å². The van der Waals surface area contributed by atoms with Gasteiger partial charge in [0.15, 0.2) is 0 Å². The molecule has 2 aliphatic heterocycles. The summed E-state index contributed by atoms with van der Waals surface area (Å²) >= 11 is 0. The average molecular weight is 471 g/mol. The van der Waals surface area contributed by atoms with E-state index >= 15 is 0 Å². The highest BCUT2D eigenvalue weighted by Gasteiger charge is 2.51. The first kappa shape index (κ1) is 23.1. The smallest absolute Gasteiger partial charge is 0.292 e. The fourth-order valence-electron chi connectivity index (χ4n) is 5.65. The molecule has 0 saturated carbocycles. The van der Waals surface area contributed by atoms with Gasteiger partial charge in [0.05, 0.1) is 4.92 Å². The zero-order valence-corrected chi connectivity index (χ0v) is 20.0. The van der Waals surface area contributed by atoms with Crippen molar-refractivity contribution in [1.29, 1.82) is 0 Å². The van der Waals surface area contributed by atoms with Gasteiger partial charge in [-0.1, -0.05) is 60.7 Å². The maximum atomic E-state index is 14.0. The Bertz CT molecular complexity index is 1220. The van der Waals surface area contributed by atoms with E-state index in [4.69, 9.17) is 0 Å². The highest BCUT2D eigenvalue weighted by molar-refractivity contribution is 6.10. The van der Waals surface area contributed by atoms with Gasteiger partial charge in [-0.3, -0.25) is 19.8 Å². The van der Waals surface area contributed by atoms with Crippen LogP contribution in [0.3, 0.4) is 0 Å². The van der Waals surface area contributed by atoms with Crippen LogP contribution in [0, 0.1) is 10.1 Å². The van der Waals surface area contributed by atoms with Crippen LogP contribution >= 0.6 is 0 Å². The number of likely N-dealkylation sites (N-methyl/N-ethyl adjacent to an activating group) is 1. The zero-order chi connectivity index (χ0) is 24.4. The maximum absolute atomic E-state index is 14.0. The van der Waals surface area contributed by atoms with Crippen molar-refractivity contribution in [3.63, 3.8) is 0 Å². The van der Waals surface area contributed by atoms with E-state index in [1.54, 1.807) is 12.1 Å². The Morgan fingerprint density at radius 1 is 0.857 bits per heavy atom. The van der Waals surface area contributed by atoms with Crippen molar-refractivity contribution >= 4 is 23.0 Å². The minimum atomic E-state index is -0.705. The largest absolute Gasteiger partial charge is 0.363 e. The SMILES string of the molecule is CCN1C(=O)C(CCN2CCN(c3ccccc3[N+](=O)[O-])CC2)(c2ccccc2)c2ccccc21. The predicted molar refractivity (Wildman–Crippen MR) is 138 cm³/mol. The third kappa shape index (κ3) is 3.96. The fourth-order valence-corrected chi connectivity index (χ4v) is 5.65. The third-order valence-electron chi connectivity index (χ3n) is 7.44. The Morgan fingerprint density at radius 3 is 2.17 bits per heavy atom. The van der Waals surface area contributed by atoms with Gasteiger partial charge in [-0.25, -0.2) is 0 Å². The van der Waals surface area contributed by atoms with E-state index < -0.39 is 5.41 Å². The van der Waals surface area contributed by atoms with Crippen LogP contribution in [0.5, 0.6) is 0 Å². The molecule has 7 heteroatoms. The van der Waals surface area contributed by atoms with Crippen LogP contribution in [0.1, 0.15) is 24.5 Å². The van der Waals surface area contributed by atoms with Crippen molar-refractivity contribution < 1.29 is 9.72 Å². The minimum absolute atomic E-state index is 0.144. The van der Waals surface area contributed by atoms with Crippen LogP contribution in [-0.2, 0) is 10.2 Å². The second-order valence-electron chi connectivity index (χ2n) is 9.16. The number of nitro benzene ring substituents is 1. The van der Waals surface area contributed by atoms with Crippen LogP contribution in [0.15, 0.2) is 78.9 Å². The maximum Gasteiger partial charge on any atom is 0.292 e. The highest BCUT2D eigenvalue weighted by Crippen LogP contribution is 2.48. The summed E-state index contributed by atoms with van der Waals surface area (Å²) in [6.45, 7) is 6.46. The standard InChI is InChI=1S/C28H30N4O3/c1-2-31-24-13-7-6-12-23(24)28(27(31)33,22-10-4-3-5-11-22)16-17-29-18-20-30(21-19-29)25-14-8-9-15-26(25)32(34)35/h3-15H,2,16-21H2,1H3. The van der Waals surface area contributed by atoms with Gasteiger partial charge in [-0.15, -0.1) is 0 Å². The normalized spacial score (nSPS) is 20.2. The summed E-state index contributed by atoms with van der Waals surface area (Å²) in [7, 11) is 0. The summed E-state index contributed by atoms with van der Waals surface area (Å²) in [5.74, 6) is 0.144. The molecule has 3 aromatic rings. The summed E-state index contributed by atoms with van der Waals surface area (Å²) < 4.78 is 0. The molecule has 5 rings (SSSR count). The molecule has 1 atom stereocenters. The number of nitro groups is 1. The first-order valence-electron chi connectivity index (χ1n) is 12.2. The van der Waals surface area contributed by atoms with Crippen LogP contribution in [-0.4, -0.2) is 55.0 Å². The number of anilines is 2. The Labute approximate surface area is 205 Å². The Balaban J connectivity index is 1.37. The number of fused-ring (bicyclic) bond motifs is 1. The third-order valence-corrected chi connectivity index (χ3v) is 7.44. The lowest BCUT2D eigenvalue weighted by atomic mass is 9.72. The highest BCUT2D eigenvalue weighted by atomic mass is 16.6. The van der Waals surface area contributed by atoms with E-state index in [-0.39, 0.29) is 16.5 Å². The summed E-state index contributed by atoms with van der Waals surface area (Å²) in [6, 6.07) is 25.3. The number of hydrogen-bond acceptors (Lipinski definition) is 5. The topological polar surface area (TPSA) is 69.9 Å². The number of amides is 1. The molecule has 0 N–H and O–H groups in total. The van der Waals surface area contributed by atoms with Crippen LogP contribution in [0.25, 0.3) is 0 Å². The molecule has 0 aromatic heterocycles. The molecule has 1 saturated heterocycles. The van der Waals surface area contributed by atoms with Gasteiger partial charge in [0, 0.05) is 44.5 Å². The molecule has 7 nitrogen and oxygen atoms in total. The molecule has 0 spiro atoms. The Kier molecular flexibility index (Phi) is 6.26. The second kappa shape index (κ2) is 9.50. The number of carbonyl (C=O) groups is 1. The van der Waals surface area contributed by atoms with Crippen LogP contribution < -0.4 is 9.80 Å². The molecular weight excluding hydrogens is 440 g/mol. The molecule has 0 bridgehead atoms. The summed E-state index contributed by atoms with van der Waals surface area (Å²) in [4.78, 5) is 31.5. The number of rotatable bonds is 7. The molecule has 1 amide bonds. The minimum Gasteiger partial charge on any atom is -0.363 e. The number of hydrogen-bond donors (Lipinski definition) is 0. The monoisotopic (exact) mass is 470 g/mol. The molecule has 2 heterocycles. The lowest BCUT2D eigenvalue weighted by Crippen LogP contribution is -2.49. The number of benzene rings is 3. The second-order valence-corrected chi connectivity index (χ2v) is 9.16. The van der Waals surface area contributed by atoms with Crippen molar-refractivity contribution in [3.8, 4) is 0 Å². The first-order valence-corrected chi connectivity index (χ1v) is 12.2. The quantitative estimate of drug-likeness (QED) is 0.377. The fraction of sp³-hybridized carbons (Fsp3) is 0.321. The number of para-hydroxylation sites is 3. The van der Waals surface area contributed by atoms with E-state index in [2.05, 4.69) is 28.0 Å². The van der Waals surface area contributed by atoms with E-state index in [1.165, 1.54) is 0 Å². The van der Waals surface area contributed by atoms with Crippen molar-refractivity contribution in [2.45, 2.75) is 18.8 Å². The summed E-state index contributed by atoms with van der Waals surface area (Å²) in [5.41, 5.74) is 3.24. The molecule has 1 unspecified atom stereocenters. The van der Waals surface area contributed by atoms with E-state index in [1.807, 2.05) is 60.4 Å². The molecule has 3 aromatic carbocycles. The summed E-state index contributed by atoms with van der Waals surface area (Å²) in [5, 5.41) is 11.5. The van der Waals surface area contributed by atoms with Crippen LogP contribution in [0.2, 0.25) is 0 Å². The molecule has 35 heavy (non-hydrogen) atoms. The van der Waals surface area contributed by atoms with Crippen molar-refractivity contribution in [2.24, 2.45) is 0 Å². The molecule has 0 aliphatic carbocycles. The molecule has 180 valence electrons. The number of nitrogens with zero attached hydrogens (tertiary/aromatic N) is 4. The summed E-state index contributed by atoms with van der Waals surface area (Å²) in [6.07, 6.45) is 0.689. The first-order chi connectivity index (χ1) is 17.1. The van der Waals surface area contributed by atoms with Gasteiger partial charge in [-0.2, -0.15) is 0 Å². The van der Waals surface area contributed by atoms with Crippen molar-refractivity contribution in [1.82, 2.24) is 4.90 Å². The molecular formula is C28H30N4O3. The van der Waals surface area contributed by atoms with E-state index in [0.29, 0.717) is 18.7 Å². The lowest BCUT2D eigenvalue weighted by Gasteiger charge is -2.38. The molecule has 2 aliphatic rings. The van der Waals surface area contributed by atoms with Crippen molar-refractivity contribution in [2.75, 3.05) is 49.1 Å². The number of piperazine rings is 1. The zero-order valence-electron chi connectivity index (χ0n) is 20.0. The molecule has 1 fully saturated rings. The van der Waals surface area contributed by atoms with Gasteiger partial charge >= 0.3 is 0 Å².